The Bertz CT molecular complexity index is 359. The van der Waals surface area contributed by atoms with Crippen LogP contribution >= 0.6 is 0 Å². The maximum Gasteiger partial charge on any atom is -0.0187 e. The van der Waals surface area contributed by atoms with E-state index in [2.05, 4.69) is 62.4 Å². The first-order valence-corrected chi connectivity index (χ1v) is 8.30. The minimum absolute atomic E-state index is 1.20. The van der Waals surface area contributed by atoms with Crippen LogP contribution in [0.1, 0.15) is 76.3 Å². The van der Waals surface area contributed by atoms with Gasteiger partial charge in [-0.15, -0.1) is 0 Å². The van der Waals surface area contributed by atoms with Crippen LogP contribution in [0.4, 0.5) is 0 Å². The predicted octanol–water partition coefficient (Wildman–Crippen LogP) is 6.87. The van der Waals surface area contributed by atoms with Crippen LogP contribution < -0.4 is 0 Å². The fourth-order valence-electron chi connectivity index (χ4n) is 2.26. The topological polar surface area (TPSA) is 0 Å². The molecule has 1 aromatic carbocycles. The minimum atomic E-state index is 1.20. The quantitative estimate of drug-likeness (QED) is 0.407. The average Bonchev–Trinajstić information content (AvgIpc) is 2.48. The lowest BCUT2D eigenvalue weighted by molar-refractivity contribution is 0.730. The number of rotatable bonds is 10. The molecule has 0 radical (unpaired) electrons. The Morgan fingerprint density at radius 1 is 0.700 bits per heavy atom. The highest BCUT2D eigenvalue weighted by Gasteiger charge is 1.93. The van der Waals surface area contributed by atoms with Crippen LogP contribution in [0.15, 0.2) is 36.4 Å². The van der Waals surface area contributed by atoms with Crippen molar-refractivity contribution in [1.82, 2.24) is 0 Å². The summed E-state index contributed by atoms with van der Waals surface area (Å²) in [5.41, 5.74) is 2.69. The molecule has 0 aliphatic carbocycles. The second-order valence-corrected chi connectivity index (χ2v) is 5.43. The van der Waals surface area contributed by atoms with E-state index in [1.165, 1.54) is 62.5 Å². The summed E-state index contributed by atoms with van der Waals surface area (Å²) in [6, 6.07) is 8.67. The summed E-state index contributed by atoms with van der Waals surface area (Å²) < 4.78 is 0. The zero-order chi connectivity index (χ0) is 14.5. The monoisotopic (exact) mass is 270 g/mol. The van der Waals surface area contributed by atoms with Crippen LogP contribution in [-0.4, -0.2) is 0 Å². The summed E-state index contributed by atoms with van der Waals surface area (Å²) in [6.07, 6.45) is 19.5. The Balaban J connectivity index is 2.50. The van der Waals surface area contributed by atoms with Gasteiger partial charge in [0.1, 0.15) is 0 Å². The van der Waals surface area contributed by atoms with Gasteiger partial charge in [0, 0.05) is 0 Å². The largest absolute Gasteiger partial charge is 0.0839 e. The van der Waals surface area contributed by atoms with E-state index in [0.29, 0.717) is 0 Å². The first-order valence-electron chi connectivity index (χ1n) is 8.30. The summed E-state index contributed by atoms with van der Waals surface area (Å²) in [5, 5.41) is 0. The molecule has 0 saturated carbocycles. The Labute approximate surface area is 125 Å². The van der Waals surface area contributed by atoms with Gasteiger partial charge in [-0.05, 0) is 36.8 Å². The van der Waals surface area contributed by atoms with E-state index in [-0.39, 0.29) is 0 Å². The van der Waals surface area contributed by atoms with E-state index < -0.39 is 0 Å². The van der Waals surface area contributed by atoms with E-state index in [1.54, 1.807) is 0 Å². The zero-order valence-corrected chi connectivity index (χ0v) is 13.3. The van der Waals surface area contributed by atoms with Gasteiger partial charge < -0.3 is 0 Å². The molecular weight excluding hydrogens is 240 g/mol. The molecule has 0 saturated heterocycles. The number of hydrogen-bond donors (Lipinski definition) is 0. The van der Waals surface area contributed by atoms with E-state index in [9.17, 15) is 0 Å². The average molecular weight is 270 g/mol. The lowest BCUT2D eigenvalue weighted by atomic mass is 10.0. The van der Waals surface area contributed by atoms with Gasteiger partial charge in [0.15, 0.2) is 0 Å². The second-order valence-electron chi connectivity index (χ2n) is 5.43. The van der Waals surface area contributed by atoms with Gasteiger partial charge in [-0.2, -0.15) is 0 Å². The van der Waals surface area contributed by atoms with Crippen LogP contribution in [-0.2, 0) is 0 Å². The van der Waals surface area contributed by atoms with E-state index in [1.807, 2.05) is 0 Å². The second kappa shape index (κ2) is 11.5. The van der Waals surface area contributed by atoms with Crippen LogP contribution in [0, 0.1) is 0 Å². The maximum absolute atomic E-state index is 2.32. The number of hydrogen-bond acceptors (Lipinski definition) is 0. The number of unbranched alkanes of at least 4 members (excludes halogenated alkanes) is 6. The standard InChI is InChI=1S/C20H30/c1-3-5-7-9-11-15-19-17-13-14-18-20(19)16-12-10-8-6-4-2/h11-18H,3-10H2,1-2H3. The summed E-state index contributed by atoms with van der Waals surface area (Å²) >= 11 is 0. The lowest BCUT2D eigenvalue weighted by Crippen LogP contribution is -1.80. The Hall–Kier alpha value is -1.30. The van der Waals surface area contributed by atoms with E-state index in [0.717, 1.165) is 0 Å². The fraction of sp³-hybridized carbons (Fsp3) is 0.500. The predicted molar refractivity (Wildman–Crippen MR) is 92.8 cm³/mol. The molecule has 0 atom stereocenters. The molecule has 20 heavy (non-hydrogen) atoms. The van der Waals surface area contributed by atoms with Crippen LogP contribution in [0.5, 0.6) is 0 Å². The third kappa shape index (κ3) is 7.33. The van der Waals surface area contributed by atoms with Gasteiger partial charge in [-0.25, -0.2) is 0 Å². The third-order valence-electron chi connectivity index (χ3n) is 3.54. The van der Waals surface area contributed by atoms with E-state index >= 15 is 0 Å². The maximum atomic E-state index is 2.32. The van der Waals surface area contributed by atoms with Gasteiger partial charge in [0.2, 0.25) is 0 Å². The van der Waals surface area contributed by atoms with Crippen LogP contribution in [0.3, 0.4) is 0 Å². The molecule has 0 heteroatoms. The SMILES string of the molecule is CCCCCC=Cc1ccccc1C=CCCCCC. The van der Waals surface area contributed by atoms with Gasteiger partial charge in [-0.3, -0.25) is 0 Å². The molecule has 0 N–H and O–H groups in total. The third-order valence-corrected chi connectivity index (χ3v) is 3.54. The van der Waals surface area contributed by atoms with Crippen molar-refractivity contribution in [3.63, 3.8) is 0 Å². The Morgan fingerprint density at radius 3 is 1.55 bits per heavy atom. The Morgan fingerprint density at radius 2 is 1.15 bits per heavy atom. The molecule has 1 rings (SSSR count). The van der Waals surface area contributed by atoms with Crippen molar-refractivity contribution in [2.75, 3.05) is 0 Å². The van der Waals surface area contributed by atoms with Gasteiger partial charge in [0.25, 0.3) is 0 Å². The fourth-order valence-corrected chi connectivity index (χ4v) is 2.26. The zero-order valence-electron chi connectivity index (χ0n) is 13.3. The summed E-state index contributed by atoms with van der Waals surface area (Å²) in [4.78, 5) is 0. The number of benzene rings is 1. The lowest BCUT2D eigenvalue weighted by Gasteiger charge is -2.01. The molecule has 0 nitrogen and oxygen atoms in total. The van der Waals surface area contributed by atoms with Crippen molar-refractivity contribution in [2.24, 2.45) is 0 Å². The van der Waals surface area contributed by atoms with Crippen molar-refractivity contribution >= 4 is 12.2 Å². The van der Waals surface area contributed by atoms with Crippen LogP contribution in [0.25, 0.3) is 12.2 Å². The molecule has 0 aliphatic heterocycles. The van der Waals surface area contributed by atoms with Crippen molar-refractivity contribution in [3.8, 4) is 0 Å². The summed E-state index contributed by atoms with van der Waals surface area (Å²) in [5.74, 6) is 0. The highest BCUT2D eigenvalue weighted by molar-refractivity contribution is 5.65. The number of allylic oxidation sites excluding steroid dienone is 2. The summed E-state index contributed by atoms with van der Waals surface area (Å²) in [6.45, 7) is 4.50. The Kier molecular flexibility index (Phi) is 9.65. The molecule has 0 fully saturated rings. The minimum Gasteiger partial charge on any atom is -0.0839 e. The molecule has 0 unspecified atom stereocenters. The van der Waals surface area contributed by atoms with Gasteiger partial charge in [-0.1, -0.05) is 88.1 Å². The molecule has 0 aliphatic rings. The molecular formula is C20H30. The molecule has 0 heterocycles. The van der Waals surface area contributed by atoms with Crippen molar-refractivity contribution in [3.05, 3.63) is 47.5 Å². The molecule has 110 valence electrons. The van der Waals surface area contributed by atoms with E-state index in [4.69, 9.17) is 0 Å². The van der Waals surface area contributed by atoms with Crippen LogP contribution in [0.2, 0.25) is 0 Å². The van der Waals surface area contributed by atoms with Crippen molar-refractivity contribution in [2.45, 2.75) is 65.2 Å². The summed E-state index contributed by atoms with van der Waals surface area (Å²) in [7, 11) is 0. The van der Waals surface area contributed by atoms with Crippen molar-refractivity contribution < 1.29 is 0 Å². The van der Waals surface area contributed by atoms with Gasteiger partial charge in [0.05, 0.1) is 0 Å². The molecule has 0 aromatic heterocycles. The smallest absolute Gasteiger partial charge is 0.0187 e. The normalized spacial score (nSPS) is 11.7. The molecule has 1 aromatic rings. The van der Waals surface area contributed by atoms with Gasteiger partial charge >= 0.3 is 0 Å². The first-order chi connectivity index (χ1) is 9.88. The highest BCUT2D eigenvalue weighted by atomic mass is 14.0. The molecule has 0 spiro atoms. The highest BCUT2D eigenvalue weighted by Crippen LogP contribution is 2.14. The van der Waals surface area contributed by atoms with Crippen molar-refractivity contribution in [1.29, 1.82) is 0 Å². The first kappa shape index (κ1) is 16.8. The molecule has 0 bridgehead atoms. The molecule has 0 amide bonds.